The lowest BCUT2D eigenvalue weighted by Gasteiger charge is -2.10. The first kappa shape index (κ1) is 14.3. The van der Waals surface area contributed by atoms with Gasteiger partial charge >= 0.3 is 0 Å². The molecule has 1 aromatic carbocycles. The summed E-state index contributed by atoms with van der Waals surface area (Å²) in [5.41, 5.74) is 3.14. The van der Waals surface area contributed by atoms with Gasteiger partial charge in [-0.05, 0) is 52.3 Å². The highest BCUT2D eigenvalue weighted by atomic mass is 16.1. The van der Waals surface area contributed by atoms with Crippen LogP contribution in [0.5, 0.6) is 0 Å². The van der Waals surface area contributed by atoms with E-state index in [2.05, 4.69) is 10.1 Å². The minimum absolute atomic E-state index is 0.0684. The normalized spacial score (nSPS) is 12.2. The molecule has 0 aliphatic rings. The first-order chi connectivity index (χ1) is 9.28. The summed E-state index contributed by atoms with van der Waals surface area (Å²) >= 11 is 0. The summed E-state index contributed by atoms with van der Waals surface area (Å²) in [4.78, 5) is 16.9. The number of H-pyrrole nitrogens is 1. The Morgan fingerprint density at radius 3 is 2.55 bits per heavy atom. The molecule has 0 bridgehead atoms. The third-order valence-electron chi connectivity index (χ3n) is 2.96. The molecule has 4 heteroatoms. The Morgan fingerprint density at radius 1 is 1.25 bits per heavy atom. The van der Waals surface area contributed by atoms with Crippen LogP contribution in [0.1, 0.15) is 37.6 Å². The number of benzene rings is 1. The van der Waals surface area contributed by atoms with Gasteiger partial charge in [0.2, 0.25) is 0 Å². The highest BCUT2D eigenvalue weighted by molar-refractivity contribution is 5.81. The van der Waals surface area contributed by atoms with Gasteiger partial charge in [-0.2, -0.15) is 0 Å². The average molecular weight is 271 g/mol. The number of hydrogen-bond donors (Lipinski definition) is 1. The van der Waals surface area contributed by atoms with Crippen molar-refractivity contribution in [3.05, 3.63) is 51.4 Å². The number of aliphatic imine (C=N–C) groups is 1. The highest BCUT2D eigenvalue weighted by Crippen LogP contribution is 2.10. The largest absolute Gasteiger partial charge is 0.295 e. The van der Waals surface area contributed by atoms with Crippen LogP contribution in [0.25, 0.3) is 5.69 Å². The number of aromatic amines is 1. The van der Waals surface area contributed by atoms with Crippen LogP contribution in [0.4, 0.5) is 0 Å². The van der Waals surface area contributed by atoms with E-state index in [0.717, 1.165) is 16.9 Å². The lowest BCUT2D eigenvalue weighted by molar-refractivity contribution is 0.586. The molecule has 1 heterocycles. The topological polar surface area (TPSA) is 50.1 Å². The van der Waals surface area contributed by atoms with Gasteiger partial charge in [0.1, 0.15) is 0 Å². The van der Waals surface area contributed by atoms with Gasteiger partial charge < -0.3 is 0 Å². The van der Waals surface area contributed by atoms with Crippen molar-refractivity contribution >= 4 is 6.21 Å². The summed E-state index contributed by atoms with van der Waals surface area (Å²) < 4.78 is 1.56. The van der Waals surface area contributed by atoms with Gasteiger partial charge in [-0.1, -0.05) is 12.1 Å². The maximum absolute atomic E-state index is 12.5. The van der Waals surface area contributed by atoms with E-state index in [1.165, 1.54) is 0 Å². The van der Waals surface area contributed by atoms with E-state index in [9.17, 15) is 4.79 Å². The fourth-order valence-corrected chi connectivity index (χ4v) is 1.92. The van der Waals surface area contributed by atoms with Crippen molar-refractivity contribution in [1.82, 2.24) is 9.78 Å². The number of nitrogens with one attached hydrogen (secondary N) is 1. The fraction of sp³-hybridized carbons (Fsp3) is 0.375. The number of hydrogen-bond acceptors (Lipinski definition) is 2. The molecule has 0 spiro atoms. The summed E-state index contributed by atoms with van der Waals surface area (Å²) in [5.74, 6) is 0. The predicted octanol–water partition coefficient (Wildman–Crippen LogP) is 3.00. The zero-order valence-corrected chi connectivity index (χ0v) is 12.7. The van der Waals surface area contributed by atoms with Gasteiger partial charge in [-0.3, -0.25) is 14.9 Å². The standard InChI is InChI=1S/C16H21N3O/c1-11-7-6-8-13(9-11)19-15(20)14(12(2)18-19)10-17-16(3,4)5/h6-10,18H,1-5H3. The van der Waals surface area contributed by atoms with Crippen molar-refractivity contribution in [3.63, 3.8) is 0 Å². The van der Waals surface area contributed by atoms with Gasteiger partial charge in [0.15, 0.2) is 0 Å². The van der Waals surface area contributed by atoms with Gasteiger partial charge in [-0.25, -0.2) is 4.68 Å². The second kappa shape index (κ2) is 5.12. The van der Waals surface area contributed by atoms with Crippen LogP contribution in [0.3, 0.4) is 0 Å². The molecule has 2 rings (SSSR count). The highest BCUT2D eigenvalue weighted by Gasteiger charge is 2.12. The molecule has 0 fully saturated rings. The molecule has 1 N–H and O–H groups in total. The molecule has 0 radical (unpaired) electrons. The van der Waals surface area contributed by atoms with Crippen LogP contribution in [0.15, 0.2) is 34.1 Å². The Hall–Kier alpha value is -2.10. The first-order valence-corrected chi connectivity index (χ1v) is 6.72. The zero-order valence-electron chi connectivity index (χ0n) is 12.7. The molecule has 1 aromatic heterocycles. The molecule has 0 saturated heterocycles. The van der Waals surface area contributed by atoms with Crippen molar-refractivity contribution in [2.24, 2.45) is 4.99 Å². The molecule has 0 saturated carbocycles. The van der Waals surface area contributed by atoms with Gasteiger partial charge in [0.25, 0.3) is 5.56 Å². The van der Waals surface area contributed by atoms with Crippen molar-refractivity contribution in [2.45, 2.75) is 40.2 Å². The van der Waals surface area contributed by atoms with E-state index >= 15 is 0 Å². The van der Waals surface area contributed by atoms with Gasteiger partial charge in [0, 0.05) is 11.9 Å². The smallest absolute Gasteiger partial charge is 0.280 e. The molecule has 0 atom stereocenters. The van der Waals surface area contributed by atoms with Crippen LogP contribution in [0, 0.1) is 13.8 Å². The van der Waals surface area contributed by atoms with Crippen molar-refractivity contribution < 1.29 is 0 Å². The number of rotatable bonds is 2. The van der Waals surface area contributed by atoms with E-state index in [1.807, 2.05) is 58.9 Å². The maximum atomic E-state index is 12.5. The van der Waals surface area contributed by atoms with Crippen molar-refractivity contribution in [3.8, 4) is 5.69 Å². The Bertz CT molecular complexity index is 699. The molecule has 0 unspecified atom stereocenters. The molecular weight excluding hydrogens is 250 g/mol. The molecule has 0 aliphatic carbocycles. The Labute approximate surface area is 119 Å². The SMILES string of the molecule is Cc1cccc(-n2[nH]c(C)c(C=NC(C)(C)C)c2=O)c1. The first-order valence-electron chi connectivity index (χ1n) is 6.72. The molecule has 2 aromatic rings. The Morgan fingerprint density at radius 2 is 1.95 bits per heavy atom. The fourth-order valence-electron chi connectivity index (χ4n) is 1.92. The van der Waals surface area contributed by atoms with Gasteiger partial charge in [-0.15, -0.1) is 0 Å². The van der Waals surface area contributed by atoms with E-state index in [1.54, 1.807) is 10.9 Å². The van der Waals surface area contributed by atoms with E-state index in [0.29, 0.717) is 5.56 Å². The number of aryl methyl sites for hydroxylation is 2. The lowest BCUT2D eigenvalue weighted by atomic mass is 10.1. The summed E-state index contributed by atoms with van der Waals surface area (Å²) in [6, 6.07) is 7.83. The Balaban J connectivity index is 2.50. The molecule has 0 aliphatic heterocycles. The van der Waals surface area contributed by atoms with Crippen molar-refractivity contribution in [1.29, 1.82) is 0 Å². The molecule has 106 valence electrons. The summed E-state index contributed by atoms with van der Waals surface area (Å²) in [5, 5.41) is 3.11. The molecular formula is C16H21N3O. The second-order valence-corrected chi connectivity index (χ2v) is 6.06. The molecule has 4 nitrogen and oxygen atoms in total. The van der Waals surface area contributed by atoms with Crippen LogP contribution in [-0.4, -0.2) is 21.5 Å². The average Bonchev–Trinajstić information content (AvgIpc) is 2.61. The van der Waals surface area contributed by atoms with Gasteiger partial charge in [0.05, 0.1) is 16.8 Å². The zero-order chi connectivity index (χ0) is 14.9. The van der Waals surface area contributed by atoms with E-state index < -0.39 is 0 Å². The minimum Gasteiger partial charge on any atom is -0.295 e. The minimum atomic E-state index is -0.190. The van der Waals surface area contributed by atoms with Crippen LogP contribution >= 0.6 is 0 Å². The molecule has 20 heavy (non-hydrogen) atoms. The third-order valence-corrected chi connectivity index (χ3v) is 2.96. The summed E-state index contributed by atoms with van der Waals surface area (Å²) in [6.45, 7) is 9.91. The molecule has 0 amide bonds. The second-order valence-electron chi connectivity index (χ2n) is 6.06. The monoisotopic (exact) mass is 271 g/mol. The lowest BCUT2D eigenvalue weighted by Crippen LogP contribution is -2.18. The van der Waals surface area contributed by atoms with Crippen molar-refractivity contribution in [2.75, 3.05) is 0 Å². The number of aromatic nitrogens is 2. The van der Waals surface area contributed by atoms with E-state index in [4.69, 9.17) is 0 Å². The predicted molar refractivity (Wildman–Crippen MR) is 83.2 cm³/mol. The number of nitrogens with zero attached hydrogens (tertiary/aromatic N) is 2. The van der Waals surface area contributed by atoms with E-state index in [-0.39, 0.29) is 11.1 Å². The Kier molecular flexibility index (Phi) is 3.66. The summed E-state index contributed by atoms with van der Waals surface area (Å²) in [6.07, 6.45) is 1.67. The quantitative estimate of drug-likeness (QED) is 0.839. The summed E-state index contributed by atoms with van der Waals surface area (Å²) in [7, 11) is 0. The third kappa shape index (κ3) is 3.07. The maximum Gasteiger partial charge on any atom is 0.280 e. The van der Waals surface area contributed by atoms with Crippen LogP contribution in [-0.2, 0) is 0 Å². The van der Waals surface area contributed by atoms with Crippen LogP contribution in [0.2, 0.25) is 0 Å². The van der Waals surface area contributed by atoms with Crippen LogP contribution < -0.4 is 5.56 Å².